The normalized spacial score (nSPS) is 20.4. The Hall–Kier alpha value is -2.57. The minimum atomic E-state index is -0.685. The van der Waals surface area contributed by atoms with E-state index < -0.39 is 5.54 Å². The largest absolute Gasteiger partial charge is 0.342 e. The summed E-state index contributed by atoms with van der Waals surface area (Å²) in [6, 6.07) is 10.1. The van der Waals surface area contributed by atoms with E-state index in [-0.39, 0.29) is 24.3 Å². The van der Waals surface area contributed by atoms with Gasteiger partial charge in [-0.2, -0.15) is 0 Å². The maximum atomic E-state index is 13.9. The van der Waals surface area contributed by atoms with Crippen molar-refractivity contribution in [3.8, 4) is 0 Å². The van der Waals surface area contributed by atoms with Crippen molar-refractivity contribution in [2.45, 2.75) is 83.6 Å². The standard InChI is InChI=1S/C29H44N4O3/c1-3-4-5-6-10-13-26(34)31-20-16-29(17-21-31)28(36)32(23-33(29)25-11-8-7-9-12-25)22-27(35)30-18-14-24(2)15-19-30/h7-9,11-12,24H,3-6,10,13-23H2,1-2H3. The molecule has 7 heteroatoms. The Morgan fingerprint density at radius 1 is 0.889 bits per heavy atom. The summed E-state index contributed by atoms with van der Waals surface area (Å²) < 4.78 is 0. The third kappa shape index (κ3) is 5.87. The highest BCUT2D eigenvalue weighted by Crippen LogP contribution is 2.39. The van der Waals surface area contributed by atoms with Gasteiger partial charge >= 0.3 is 0 Å². The quantitative estimate of drug-likeness (QED) is 0.479. The molecule has 0 atom stereocenters. The second-order valence-electron chi connectivity index (χ2n) is 11.0. The molecule has 1 spiro atoms. The van der Waals surface area contributed by atoms with Crippen LogP contribution >= 0.6 is 0 Å². The molecule has 1 aromatic carbocycles. The molecule has 0 radical (unpaired) electrons. The molecule has 0 bridgehead atoms. The predicted octanol–water partition coefficient (Wildman–Crippen LogP) is 4.27. The molecule has 0 saturated carbocycles. The number of para-hydroxylation sites is 1. The molecular weight excluding hydrogens is 452 g/mol. The number of unbranched alkanes of at least 4 members (excludes halogenated alkanes) is 4. The van der Waals surface area contributed by atoms with Crippen LogP contribution in [0.15, 0.2) is 30.3 Å². The maximum Gasteiger partial charge on any atom is 0.250 e. The van der Waals surface area contributed by atoms with Crippen molar-refractivity contribution in [2.24, 2.45) is 5.92 Å². The lowest BCUT2D eigenvalue weighted by Gasteiger charge is -2.43. The molecule has 3 heterocycles. The zero-order chi connectivity index (χ0) is 25.5. The van der Waals surface area contributed by atoms with Gasteiger partial charge in [0.05, 0.1) is 6.67 Å². The van der Waals surface area contributed by atoms with Crippen molar-refractivity contribution in [1.82, 2.24) is 14.7 Å². The SMILES string of the molecule is CCCCCCCC(=O)N1CCC2(CC1)C(=O)N(CC(=O)N1CCC(C)CC1)CN2c1ccccc1. The van der Waals surface area contributed by atoms with E-state index >= 15 is 0 Å². The topological polar surface area (TPSA) is 64.2 Å². The minimum absolute atomic E-state index is 0.0387. The van der Waals surface area contributed by atoms with E-state index in [0.717, 1.165) is 44.5 Å². The van der Waals surface area contributed by atoms with Crippen molar-refractivity contribution in [1.29, 1.82) is 0 Å². The molecule has 0 N–H and O–H groups in total. The Labute approximate surface area is 216 Å². The van der Waals surface area contributed by atoms with Crippen molar-refractivity contribution in [3.63, 3.8) is 0 Å². The first-order chi connectivity index (χ1) is 17.4. The first-order valence-electron chi connectivity index (χ1n) is 14.1. The van der Waals surface area contributed by atoms with Crippen LogP contribution in [-0.4, -0.2) is 77.4 Å². The van der Waals surface area contributed by atoms with E-state index in [0.29, 0.717) is 44.9 Å². The zero-order valence-corrected chi connectivity index (χ0v) is 22.3. The average Bonchev–Trinajstić information content (AvgIpc) is 3.16. The summed E-state index contributed by atoms with van der Waals surface area (Å²) in [5.41, 5.74) is 0.318. The van der Waals surface area contributed by atoms with Crippen LogP contribution in [0.1, 0.15) is 78.1 Å². The van der Waals surface area contributed by atoms with Gasteiger partial charge in [0.15, 0.2) is 0 Å². The molecule has 7 nitrogen and oxygen atoms in total. The molecule has 1 aromatic rings. The van der Waals surface area contributed by atoms with Crippen LogP contribution in [0.25, 0.3) is 0 Å². The summed E-state index contributed by atoms with van der Waals surface area (Å²) in [4.78, 5) is 47.6. The van der Waals surface area contributed by atoms with Crippen LogP contribution in [0.4, 0.5) is 5.69 Å². The van der Waals surface area contributed by atoms with Gasteiger partial charge in [0.2, 0.25) is 11.8 Å². The van der Waals surface area contributed by atoms with E-state index in [9.17, 15) is 14.4 Å². The third-order valence-electron chi connectivity index (χ3n) is 8.48. The highest BCUT2D eigenvalue weighted by molar-refractivity contribution is 5.96. The van der Waals surface area contributed by atoms with Gasteiger partial charge in [-0.15, -0.1) is 0 Å². The second-order valence-corrected chi connectivity index (χ2v) is 11.0. The fourth-order valence-electron chi connectivity index (χ4n) is 6.01. The first kappa shape index (κ1) is 26.5. The van der Waals surface area contributed by atoms with Crippen LogP contribution in [0, 0.1) is 5.92 Å². The van der Waals surface area contributed by atoms with Crippen molar-refractivity contribution < 1.29 is 14.4 Å². The Balaban J connectivity index is 1.41. The second kappa shape index (κ2) is 12.1. The molecule has 4 rings (SSSR count). The van der Waals surface area contributed by atoms with Gasteiger partial charge in [-0.05, 0) is 50.2 Å². The fourth-order valence-corrected chi connectivity index (χ4v) is 6.01. The summed E-state index contributed by atoms with van der Waals surface area (Å²) in [5.74, 6) is 0.959. The fraction of sp³-hybridized carbons (Fsp3) is 0.690. The first-order valence-corrected chi connectivity index (χ1v) is 14.1. The highest BCUT2D eigenvalue weighted by Gasteiger charge is 2.54. The lowest BCUT2D eigenvalue weighted by Crippen LogP contribution is -2.57. The number of carbonyl (C=O) groups excluding carboxylic acids is 3. The summed E-state index contributed by atoms with van der Waals surface area (Å²) in [7, 11) is 0. The van der Waals surface area contributed by atoms with Gasteiger partial charge in [-0.3, -0.25) is 14.4 Å². The number of rotatable bonds is 9. The summed E-state index contributed by atoms with van der Waals surface area (Å²) in [6.45, 7) is 7.74. The van der Waals surface area contributed by atoms with Gasteiger partial charge in [-0.25, -0.2) is 0 Å². The molecular formula is C29H44N4O3. The summed E-state index contributed by atoms with van der Waals surface area (Å²) >= 11 is 0. The van der Waals surface area contributed by atoms with E-state index in [4.69, 9.17) is 0 Å². The monoisotopic (exact) mass is 496 g/mol. The minimum Gasteiger partial charge on any atom is -0.342 e. The van der Waals surface area contributed by atoms with Gasteiger partial charge in [0, 0.05) is 38.3 Å². The molecule has 3 aliphatic rings. The zero-order valence-electron chi connectivity index (χ0n) is 22.3. The van der Waals surface area contributed by atoms with Crippen LogP contribution in [-0.2, 0) is 14.4 Å². The molecule has 0 aromatic heterocycles. The number of amides is 3. The van der Waals surface area contributed by atoms with Crippen molar-refractivity contribution >= 4 is 23.4 Å². The number of likely N-dealkylation sites (tertiary alicyclic amines) is 2. The van der Waals surface area contributed by atoms with Crippen LogP contribution in [0.2, 0.25) is 0 Å². The number of benzene rings is 1. The molecule has 3 amide bonds. The molecule has 198 valence electrons. The Bertz CT molecular complexity index is 889. The van der Waals surface area contributed by atoms with E-state index in [1.165, 1.54) is 19.3 Å². The number of hydrogen-bond donors (Lipinski definition) is 0. The van der Waals surface area contributed by atoms with Gasteiger partial charge in [0.1, 0.15) is 12.1 Å². The molecule has 3 aliphatic heterocycles. The molecule has 0 unspecified atom stereocenters. The number of anilines is 1. The Morgan fingerprint density at radius 3 is 2.19 bits per heavy atom. The Morgan fingerprint density at radius 2 is 1.53 bits per heavy atom. The van der Waals surface area contributed by atoms with Gasteiger partial charge < -0.3 is 19.6 Å². The van der Waals surface area contributed by atoms with E-state index in [2.05, 4.69) is 18.7 Å². The lowest BCUT2D eigenvalue weighted by atomic mass is 9.85. The summed E-state index contributed by atoms with van der Waals surface area (Å²) in [6.07, 6.45) is 9.55. The number of nitrogens with zero attached hydrogens (tertiary/aromatic N) is 4. The van der Waals surface area contributed by atoms with E-state index in [1.807, 2.05) is 40.1 Å². The molecule has 36 heavy (non-hydrogen) atoms. The Kier molecular flexibility index (Phi) is 8.91. The van der Waals surface area contributed by atoms with Crippen molar-refractivity contribution in [3.05, 3.63) is 30.3 Å². The maximum absolute atomic E-state index is 13.9. The smallest absolute Gasteiger partial charge is 0.250 e. The number of hydrogen-bond acceptors (Lipinski definition) is 4. The van der Waals surface area contributed by atoms with Gasteiger partial charge in [0.25, 0.3) is 5.91 Å². The third-order valence-corrected chi connectivity index (χ3v) is 8.48. The average molecular weight is 497 g/mol. The van der Waals surface area contributed by atoms with Gasteiger partial charge in [-0.1, -0.05) is 57.7 Å². The highest BCUT2D eigenvalue weighted by atomic mass is 16.2. The molecule has 0 aliphatic carbocycles. The lowest BCUT2D eigenvalue weighted by molar-refractivity contribution is -0.142. The predicted molar refractivity (Wildman–Crippen MR) is 142 cm³/mol. The van der Waals surface area contributed by atoms with E-state index in [1.54, 1.807) is 4.90 Å². The van der Waals surface area contributed by atoms with Crippen LogP contribution in [0.3, 0.4) is 0 Å². The van der Waals surface area contributed by atoms with Crippen molar-refractivity contribution in [2.75, 3.05) is 44.3 Å². The van der Waals surface area contributed by atoms with Crippen LogP contribution in [0.5, 0.6) is 0 Å². The van der Waals surface area contributed by atoms with Crippen LogP contribution < -0.4 is 4.90 Å². The summed E-state index contributed by atoms with van der Waals surface area (Å²) in [5, 5.41) is 0. The molecule has 3 saturated heterocycles. The molecule has 3 fully saturated rings. The number of carbonyl (C=O) groups is 3. The number of piperidine rings is 2.